The van der Waals surface area contributed by atoms with Crippen LogP contribution in [0.4, 0.5) is 0 Å². The Kier molecular flexibility index (Phi) is 12.5. The zero-order valence-corrected chi connectivity index (χ0v) is 16.7. The summed E-state index contributed by atoms with van der Waals surface area (Å²) in [7, 11) is -0.222. The lowest BCUT2D eigenvalue weighted by Gasteiger charge is -2.41. The van der Waals surface area contributed by atoms with Crippen molar-refractivity contribution in [3.8, 4) is 0 Å². The Morgan fingerprint density at radius 2 is 1.64 bits per heavy atom. The van der Waals surface area contributed by atoms with Gasteiger partial charge in [-0.1, -0.05) is 40.0 Å². The Hall–Kier alpha value is 0.0569. The summed E-state index contributed by atoms with van der Waals surface area (Å²) in [6.07, 6.45) is 7.97. The highest BCUT2D eigenvalue weighted by molar-refractivity contribution is 6.66. The second-order valence-electron chi connectivity index (χ2n) is 6.52. The summed E-state index contributed by atoms with van der Waals surface area (Å²) < 4.78 is 12.6. The lowest BCUT2D eigenvalue weighted by molar-refractivity contribution is 0.00226. The van der Waals surface area contributed by atoms with Gasteiger partial charge in [-0.05, 0) is 44.8 Å². The molecule has 0 rings (SSSR count). The molecule has 4 nitrogen and oxygen atoms in total. The molecule has 0 aliphatic heterocycles. The second-order valence-corrected chi connectivity index (χ2v) is 9.90. The van der Waals surface area contributed by atoms with Crippen molar-refractivity contribution < 1.29 is 8.85 Å². The third-order valence-electron chi connectivity index (χ3n) is 4.29. The van der Waals surface area contributed by atoms with Gasteiger partial charge in [0.2, 0.25) is 0 Å². The average Bonchev–Trinajstić information content (AvgIpc) is 2.48. The molecule has 0 heterocycles. The Morgan fingerprint density at radius 1 is 1.00 bits per heavy atom. The van der Waals surface area contributed by atoms with Crippen LogP contribution in [0.15, 0.2) is 0 Å². The first-order chi connectivity index (χ1) is 10.5. The van der Waals surface area contributed by atoms with Crippen molar-refractivity contribution in [3.05, 3.63) is 0 Å². The molecule has 0 spiro atoms. The summed E-state index contributed by atoms with van der Waals surface area (Å²) in [5.74, 6) is 0. The van der Waals surface area contributed by atoms with Gasteiger partial charge in [-0.15, -0.1) is 0 Å². The standard InChI is InChI=1S/C17H40N2O2Si/c1-6-10-17(11-7-2,12-9-14-19-15-13-18)21-22(5,20-4)16-8-3/h19H,6-16,18H2,1-5H3. The van der Waals surface area contributed by atoms with Crippen LogP contribution in [-0.4, -0.2) is 40.9 Å². The van der Waals surface area contributed by atoms with Gasteiger partial charge in [0.05, 0.1) is 5.60 Å². The van der Waals surface area contributed by atoms with E-state index in [0.29, 0.717) is 6.54 Å². The van der Waals surface area contributed by atoms with Crippen LogP contribution in [0, 0.1) is 0 Å². The lowest BCUT2D eigenvalue weighted by atomic mass is 9.88. The van der Waals surface area contributed by atoms with E-state index in [1.165, 1.54) is 0 Å². The maximum Gasteiger partial charge on any atom is 0.335 e. The zero-order valence-electron chi connectivity index (χ0n) is 15.7. The predicted molar refractivity (Wildman–Crippen MR) is 98.5 cm³/mol. The van der Waals surface area contributed by atoms with Crippen molar-refractivity contribution in [2.24, 2.45) is 5.73 Å². The van der Waals surface area contributed by atoms with Crippen molar-refractivity contribution >= 4 is 8.56 Å². The zero-order chi connectivity index (χ0) is 16.9. The van der Waals surface area contributed by atoms with Crippen LogP contribution in [0.3, 0.4) is 0 Å². The van der Waals surface area contributed by atoms with Gasteiger partial charge in [0.15, 0.2) is 0 Å². The highest BCUT2D eigenvalue weighted by Gasteiger charge is 2.40. The van der Waals surface area contributed by atoms with Gasteiger partial charge < -0.3 is 19.9 Å². The van der Waals surface area contributed by atoms with E-state index in [0.717, 1.165) is 64.1 Å². The van der Waals surface area contributed by atoms with Gasteiger partial charge in [0.25, 0.3) is 0 Å². The molecule has 0 bridgehead atoms. The highest BCUT2D eigenvalue weighted by Crippen LogP contribution is 2.34. The van der Waals surface area contributed by atoms with E-state index in [1.54, 1.807) is 0 Å². The maximum atomic E-state index is 6.77. The van der Waals surface area contributed by atoms with E-state index in [1.807, 2.05) is 7.11 Å². The summed E-state index contributed by atoms with van der Waals surface area (Å²) in [4.78, 5) is 0. The molecular formula is C17H40N2O2Si. The molecule has 0 saturated heterocycles. The summed E-state index contributed by atoms with van der Waals surface area (Å²) in [5, 5.41) is 3.39. The van der Waals surface area contributed by atoms with Crippen LogP contribution in [0.25, 0.3) is 0 Å². The van der Waals surface area contributed by atoms with E-state index >= 15 is 0 Å². The molecule has 0 aliphatic rings. The second kappa shape index (κ2) is 12.5. The molecule has 3 N–H and O–H groups in total. The van der Waals surface area contributed by atoms with Crippen LogP contribution in [-0.2, 0) is 8.85 Å². The van der Waals surface area contributed by atoms with Crippen molar-refractivity contribution in [2.45, 2.75) is 83.9 Å². The van der Waals surface area contributed by atoms with E-state index in [2.05, 4.69) is 32.6 Å². The topological polar surface area (TPSA) is 56.5 Å². The minimum atomic E-state index is -2.05. The first-order valence-corrected chi connectivity index (χ1v) is 11.7. The Bertz CT molecular complexity index is 261. The van der Waals surface area contributed by atoms with Crippen LogP contribution in [0.5, 0.6) is 0 Å². The molecule has 0 amide bonds. The number of nitrogens with two attached hydrogens (primary N) is 1. The minimum Gasteiger partial charge on any atom is -0.398 e. The molecule has 134 valence electrons. The molecule has 0 aromatic carbocycles. The molecule has 0 fully saturated rings. The fourth-order valence-corrected chi connectivity index (χ4v) is 5.83. The smallest absolute Gasteiger partial charge is 0.335 e. The van der Waals surface area contributed by atoms with E-state index < -0.39 is 8.56 Å². The lowest BCUT2D eigenvalue weighted by Crippen LogP contribution is -2.48. The van der Waals surface area contributed by atoms with Crippen molar-refractivity contribution in [2.75, 3.05) is 26.7 Å². The molecule has 1 unspecified atom stereocenters. The minimum absolute atomic E-state index is 0.0000465. The summed E-state index contributed by atoms with van der Waals surface area (Å²) >= 11 is 0. The van der Waals surface area contributed by atoms with Gasteiger partial charge in [-0.2, -0.15) is 0 Å². The molecular weight excluding hydrogens is 292 g/mol. The molecule has 0 aromatic heterocycles. The average molecular weight is 333 g/mol. The van der Waals surface area contributed by atoms with Gasteiger partial charge in [0, 0.05) is 20.2 Å². The molecule has 0 aromatic rings. The summed E-state index contributed by atoms with van der Waals surface area (Å²) in [6.45, 7) is 11.6. The first-order valence-electron chi connectivity index (χ1n) is 9.17. The third-order valence-corrected chi connectivity index (χ3v) is 7.42. The van der Waals surface area contributed by atoms with E-state index in [9.17, 15) is 0 Å². The van der Waals surface area contributed by atoms with Crippen molar-refractivity contribution in [3.63, 3.8) is 0 Å². The molecule has 1 atom stereocenters. The fourth-order valence-electron chi connectivity index (χ4n) is 3.31. The summed E-state index contributed by atoms with van der Waals surface area (Å²) in [5.41, 5.74) is 5.53. The first kappa shape index (κ1) is 22.1. The van der Waals surface area contributed by atoms with E-state index in [4.69, 9.17) is 14.6 Å². The fraction of sp³-hybridized carbons (Fsp3) is 1.00. The largest absolute Gasteiger partial charge is 0.398 e. The Balaban J connectivity index is 4.81. The van der Waals surface area contributed by atoms with Gasteiger partial charge >= 0.3 is 8.56 Å². The van der Waals surface area contributed by atoms with E-state index in [-0.39, 0.29) is 5.60 Å². The molecule has 22 heavy (non-hydrogen) atoms. The monoisotopic (exact) mass is 332 g/mol. The maximum absolute atomic E-state index is 6.77. The SMILES string of the molecule is CCCC(CCC)(CCCNCCN)O[Si](C)(CCC)OC. The number of nitrogens with one attached hydrogen (secondary N) is 1. The summed E-state index contributed by atoms with van der Waals surface area (Å²) in [6, 6.07) is 1.07. The predicted octanol–water partition coefficient (Wildman–Crippen LogP) is 3.80. The van der Waals surface area contributed by atoms with Crippen LogP contribution in [0.1, 0.15) is 65.7 Å². The molecule has 0 radical (unpaired) electrons. The number of hydrogen-bond acceptors (Lipinski definition) is 4. The normalized spacial score (nSPS) is 15.0. The van der Waals surface area contributed by atoms with Crippen LogP contribution in [0.2, 0.25) is 12.6 Å². The Labute approximate surface area is 139 Å². The molecule has 0 saturated carbocycles. The van der Waals surface area contributed by atoms with Crippen LogP contribution < -0.4 is 11.1 Å². The van der Waals surface area contributed by atoms with Gasteiger partial charge in [-0.3, -0.25) is 0 Å². The van der Waals surface area contributed by atoms with Gasteiger partial charge in [0.1, 0.15) is 0 Å². The molecule has 0 aliphatic carbocycles. The number of rotatable bonds is 15. The third kappa shape index (κ3) is 8.63. The Morgan fingerprint density at radius 3 is 2.09 bits per heavy atom. The van der Waals surface area contributed by atoms with Crippen molar-refractivity contribution in [1.82, 2.24) is 5.32 Å². The van der Waals surface area contributed by atoms with Crippen molar-refractivity contribution in [1.29, 1.82) is 0 Å². The quantitative estimate of drug-likeness (QED) is 0.354. The number of hydrogen-bond donors (Lipinski definition) is 2. The highest BCUT2D eigenvalue weighted by atomic mass is 28.4. The molecule has 5 heteroatoms. The van der Waals surface area contributed by atoms with Gasteiger partial charge in [-0.25, -0.2) is 0 Å². The van der Waals surface area contributed by atoms with Crippen LogP contribution >= 0.6 is 0 Å².